The number of hydrogen-bond donors (Lipinski definition) is 1. The van der Waals surface area contributed by atoms with Gasteiger partial charge in [0.05, 0.1) is 18.4 Å². The molecular formula is C18H24N4O2S. The predicted octanol–water partition coefficient (Wildman–Crippen LogP) is 2.62. The molecule has 1 aliphatic heterocycles. The monoisotopic (exact) mass is 360 g/mol. The largest absolute Gasteiger partial charge is 0.384 e. The quantitative estimate of drug-likeness (QED) is 0.888. The molecule has 0 radical (unpaired) electrons. The number of anilines is 1. The minimum atomic E-state index is 0.195. The highest BCUT2D eigenvalue weighted by molar-refractivity contribution is 7.19. The van der Waals surface area contributed by atoms with Crippen molar-refractivity contribution in [1.29, 1.82) is 0 Å². The van der Waals surface area contributed by atoms with E-state index in [2.05, 4.69) is 15.3 Å². The van der Waals surface area contributed by atoms with Crippen LogP contribution in [0.5, 0.6) is 0 Å². The van der Waals surface area contributed by atoms with Crippen LogP contribution in [-0.2, 0) is 22.4 Å². The summed E-state index contributed by atoms with van der Waals surface area (Å²) in [4.78, 5) is 25.6. The molecule has 0 atom stereocenters. The van der Waals surface area contributed by atoms with Crippen molar-refractivity contribution in [3.63, 3.8) is 0 Å². The number of amides is 1. The van der Waals surface area contributed by atoms with E-state index in [9.17, 15) is 4.79 Å². The van der Waals surface area contributed by atoms with Gasteiger partial charge in [0, 0.05) is 31.1 Å². The minimum Gasteiger partial charge on any atom is -0.384 e. The van der Waals surface area contributed by atoms with Gasteiger partial charge < -0.3 is 15.0 Å². The molecule has 0 aromatic carbocycles. The lowest BCUT2D eigenvalue weighted by atomic mass is 10.0. The van der Waals surface area contributed by atoms with E-state index < -0.39 is 0 Å². The van der Waals surface area contributed by atoms with Gasteiger partial charge in [0.2, 0.25) is 5.91 Å². The fourth-order valence-corrected chi connectivity index (χ4v) is 5.08. The number of thiophene rings is 1. The zero-order valence-corrected chi connectivity index (χ0v) is 15.4. The second-order valence-electron chi connectivity index (χ2n) is 6.80. The highest BCUT2D eigenvalue weighted by Gasteiger charge is 2.25. The molecule has 4 rings (SSSR count). The molecule has 2 aromatic heterocycles. The third-order valence-corrected chi connectivity index (χ3v) is 6.41. The first-order valence-corrected chi connectivity index (χ1v) is 9.86. The van der Waals surface area contributed by atoms with Gasteiger partial charge in [-0.1, -0.05) is 0 Å². The number of nitrogens with one attached hydrogen (secondary N) is 1. The molecule has 0 unspecified atom stereocenters. The van der Waals surface area contributed by atoms with Crippen molar-refractivity contribution in [2.75, 3.05) is 32.1 Å². The maximum absolute atomic E-state index is 12.1. The van der Waals surface area contributed by atoms with Gasteiger partial charge in [-0.2, -0.15) is 0 Å². The maximum atomic E-state index is 12.1. The van der Waals surface area contributed by atoms with Gasteiger partial charge in [-0.15, -0.1) is 11.3 Å². The molecule has 1 N–H and O–H groups in total. The standard InChI is InChI=1S/C18H24N4O2S/c1-24-10-7-15(23)22-8-5-12(6-9-22)21-17-16-13-3-2-4-14(13)25-18(16)20-11-19-17/h11-12H,2-10H2,1H3,(H,19,20,21). The summed E-state index contributed by atoms with van der Waals surface area (Å²) in [7, 11) is 1.63. The average molecular weight is 360 g/mol. The van der Waals surface area contributed by atoms with Crippen LogP contribution in [0.15, 0.2) is 6.33 Å². The van der Waals surface area contributed by atoms with Crippen LogP contribution >= 0.6 is 11.3 Å². The van der Waals surface area contributed by atoms with Crippen LogP contribution in [0.2, 0.25) is 0 Å². The maximum Gasteiger partial charge on any atom is 0.224 e. The average Bonchev–Trinajstić information content (AvgIpc) is 3.21. The zero-order valence-electron chi connectivity index (χ0n) is 14.6. The summed E-state index contributed by atoms with van der Waals surface area (Å²) in [6.45, 7) is 2.10. The van der Waals surface area contributed by atoms with Crippen LogP contribution in [0.4, 0.5) is 5.82 Å². The van der Waals surface area contributed by atoms with Crippen LogP contribution in [0, 0.1) is 0 Å². The molecular weight excluding hydrogens is 336 g/mol. The fourth-order valence-electron chi connectivity index (χ4n) is 3.85. The SMILES string of the molecule is COCCC(=O)N1CCC(Nc2ncnc3sc4c(c23)CCC4)CC1. The molecule has 134 valence electrons. The topological polar surface area (TPSA) is 67.3 Å². The van der Waals surface area contributed by atoms with Crippen LogP contribution in [0.3, 0.4) is 0 Å². The molecule has 1 aliphatic carbocycles. The second kappa shape index (κ2) is 7.25. The Morgan fingerprint density at radius 3 is 3.00 bits per heavy atom. The van der Waals surface area contributed by atoms with Gasteiger partial charge >= 0.3 is 0 Å². The molecule has 2 aromatic rings. The number of carbonyl (C=O) groups is 1. The number of aromatic nitrogens is 2. The summed E-state index contributed by atoms with van der Waals surface area (Å²) in [5.41, 5.74) is 1.45. The van der Waals surface area contributed by atoms with Crippen molar-refractivity contribution in [2.24, 2.45) is 0 Å². The van der Waals surface area contributed by atoms with E-state index in [0.29, 0.717) is 19.1 Å². The molecule has 1 fully saturated rings. The van der Waals surface area contributed by atoms with Crippen molar-refractivity contribution in [3.8, 4) is 0 Å². The molecule has 0 spiro atoms. The molecule has 0 saturated carbocycles. The van der Waals surface area contributed by atoms with Crippen molar-refractivity contribution >= 4 is 33.3 Å². The number of hydrogen-bond acceptors (Lipinski definition) is 6. The summed E-state index contributed by atoms with van der Waals surface area (Å²) in [5, 5.41) is 4.87. The highest BCUT2D eigenvalue weighted by Crippen LogP contribution is 2.39. The number of nitrogens with zero attached hydrogens (tertiary/aromatic N) is 3. The Balaban J connectivity index is 1.42. The molecule has 3 heterocycles. The normalized spacial score (nSPS) is 17.9. The van der Waals surface area contributed by atoms with Gasteiger partial charge in [0.15, 0.2) is 0 Å². The van der Waals surface area contributed by atoms with Crippen molar-refractivity contribution < 1.29 is 9.53 Å². The Bertz CT molecular complexity index is 768. The summed E-state index contributed by atoms with van der Waals surface area (Å²) in [6, 6.07) is 0.363. The predicted molar refractivity (Wildman–Crippen MR) is 99.2 cm³/mol. The van der Waals surface area contributed by atoms with E-state index in [1.165, 1.54) is 28.7 Å². The van der Waals surface area contributed by atoms with Gasteiger partial charge in [-0.3, -0.25) is 4.79 Å². The first-order valence-electron chi connectivity index (χ1n) is 9.04. The summed E-state index contributed by atoms with van der Waals surface area (Å²) < 4.78 is 5.00. The smallest absolute Gasteiger partial charge is 0.224 e. The van der Waals surface area contributed by atoms with Crippen LogP contribution < -0.4 is 5.32 Å². The Hall–Kier alpha value is -1.73. The summed E-state index contributed by atoms with van der Waals surface area (Å²) in [5.74, 6) is 1.17. The van der Waals surface area contributed by atoms with Gasteiger partial charge in [0.25, 0.3) is 0 Å². The minimum absolute atomic E-state index is 0.195. The molecule has 1 saturated heterocycles. The lowest BCUT2D eigenvalue weighted by Crippen LogP contribution is -2.42. The Morgan fingerprint density at radius 2 is 2.20 bits per heavy atom. The van der Waals surface area contributed by atoms with Crippen molar-refractivity contribution in [2.45, 2.75) is 44.6 Å². The summed E-state index contributed by atoms with van der Waals surface area (Å²) in [6.07, 6.45) is 7.62. The Labute approximate surface area is 151 Å². The summed E-state index contributed by atoms with van der Waals surface area (Å²) >= 11 is 1.82. The lowest BCUT2D eigenvalue weighted by molar-refractivity contribution is -0.133. The van der Waals surface area contributed by atoms with E-state index in [-0.39, 0.29) is 5.91 Å². The number of likely N-dealkylation sites (tertiary alicyclic amines) is 1. The molecule has 1 amide bonds. The van der Waals surface area contributed by atoms with Gasteiger partial charge in [-0.25, -0.2) is 9.97 Å². The number of fused-ring (bicyclic) bond motifs is 3. The second-order valence-corrected chi connectivity index (χ2v) is 7.89. The van der Waals surface area contributed by atoms with Crippen molar-refractivity contribution in [3.05, 3.63) is 16.8 Å². The highest BCUT2D eigenvalue weighted by atomic mass is 32.1. The van der Waals surface area contributed by atoms with Gasteiger partial charge in [-0.05, 0) is 37.7 Å². The van der Waals surface area contributed by atoms with Crippen LogP contribution in [-0.4, -0.2) is 53.6 Å². The van der Waals surface area contributed by atoms with Crippen molar-refractivity contribution in [1.82, 2.24) is 14.9 Å². The molecule has 0 bridgehead atoms. The van der Waals surface area contributed by atoms with E-state index in [0.717, 1.165) is 43.0 Å². The van der Waals surface area contributed by atoms with E-state index in [1.807, 2.05) is 16.2 Å². The Kier molecular flexibility index (Phi) is 4.85. The fraction of sp³-hybridized carbons (Fsp3) is 0.611. The molecule has 25 heavy (non-hydrogen) atoms. The molecule has 2 aliphatic rings. The van der Waals surface area contributed by atoms with Crippen LogP contribution in [0.25, 0.3) is 10.2 Å². The van der Waals surface area contributed by atoms with E-state index in [4.69, 9.17) is 4.74 Å². The first-order chi connectivity index (χ1) is 12.3. The number of piperidine rings is 1. The number of carbonyl (C=O) groups excluding carboxylic acids is 1. The molecule has 6 nitrogen and oxygen atoms in total. The third kappa shape index (κ3) is 3.35. The molecule has 7 heteroatoms. The van der Waals surface area contributed by atoms with Crippen LogP contribution in [0.1, 0.15) is 36.1 Å². The number of methoxy groups -OCH3 is 1. The first kappa shape index (κ1) is 16.7. The van der Waals surface area contributed by atoms with Gasteiger partial charge in [0.1, 0.15) is 17.0 Å². The zero-order chi connectivity index (χ0) is 17.2. The Morgan fingerprint density at radius 1 is 1.36 bits per heavy atom. The van der Waals surface area contributed by atoms with E-state index in [1.54, 1.807) is 13.4 Å². The number of ether oxygens (including phenoxy) is 1. The number of aryl methyl sites for hydroxylation is 2. The number of rotatable bonds is 5. The van der Waals surface area contributed by atoms with E-state index >= 15 is 0 Å². The third-order valence-electron chi connectivity index (χ3n) is 5.21. The lowest BCUT2D eigenvalue weighted by Gasteiger charge is -2.32.